The number of ether oxygens (including phenoxy) is 1. The van der Waals surface area contributed by atoms with Crippen LogP contribution in [0.15, 0.2) is 48.5 Å². The highest BCUT2D eigenvalue weighted by atomic mass is 16.5. The Labute approximate surface area is 177 Å². The number of hydrogen-bond donors (Lipinski definition) is 1. The molecule has 0 saturated carbocycles. The second kappa shape index (κ2) is 9.17. The minimum absolute atomic E-state index is 0.213. The molecule has 1 aliphatic rings. The van der Waals surface area contributed by atoms with E-state index in [-0.39, 0.29) is 6.03 Å². The van der Waals surface area contributed by atoms with Gasteiger partial charge in [0.05, 0.1) is 18.1 Å². The zero-order valence-corrected chi connectivity index (χ0v) is 17.7. The number of benzene rings is 2. The normalized spacial score (nSPS) is 14.8. The van der Waals surface area contributed by atoms with Gasteiger partial charge in [-0.3, -0.25) is 0 Å². The summed E-state index contributed by atoms with van der Waals surface area (Å²) in [6.45, 7) is 4.65. The summed E-state index contributed by atoms with van der Waals surface area (Å²) in [6, 6.07) is 16.4. The molecule has 0 aliphatic carbocycles. The fourth-order valence-corrected chi connectivity index (χ4v) is 3.85. The molecule has 1 aliphatic heterocycles. The highest BCUT2D eigenvalue weighted by Gasteiger charge is 2.20. The number of methoxy groups -OCH3 is 1. The minimum atomic E-state index is -0.213. The van der Waals surface area contributed by atoms with Crippen molar-refractivity contribution in [2.24, 2.45) is 0 Å². The second-order valence-electron chi connectivity index (χ2n) is 7.72. The van der Waals surface area contributed by atoms with Gasteiger partial charge in [-0.15, -0.1) is 0 Å². The first kappa shape index (κ1) is 20.2. The summed E-state index contributed by atoms with van der Waals surface area (Å²) < 4.78 is 6.92. The van der Waals surface area contributed by atoms with Crippen LogP contribution >= 0.6 is 0 Å². The van der Waals surface area contributed by atoms with Crippen LogP contribution in [0.2, 0.25) is 0 Å². The molecule has 2 heterocycles. The largest absolute Gasteiger partial charge is 0.468 e. The number of fused-ring (bicyclic) bond motifs is 1. The average Bonchev–Trinajstić information content (AvgIpc) is 3.16. The molecule has 1 amide bonds. The van der Waals surface area contributed by atoms with Gasteiger partial charge in [-0.2, -0.15) is 4.98 Å². The minimum Gasteiger partial charge on any atom is -0.468 e. The molecule has 1 fully saturated rings. The van der Waals surface area contributed by atoms with E-state index in [0.717, 1.165) is 55.7 Å². The highest BCUT2D eigenvalue weighted by molar-refractivity contribution is 5.92. The van der Waals surface area contributed by atoms with E-state index >= 15 is 0 Å². The predicted octanol–water partition coefficient (Wildman–Crippen LogP) is 2.99. The predicted molar refractivity (Wildman–Crippen MR) is 120 cm³/mol. The molecule has 4 rings (SSSR count). The smallest absolute Gasteiger partial charge is 0.330 e. The van der Waals surface area contributed by atoms with Gasteiger partial charge in [0, 0.05) is 38.4 Å². The van der Waals surface area contributed by atoms with Crippen LogP contribution in [0.25, 0.3) is 11.0 Å². The Morgan fingerprint density at radius 2 is 1.87 bits per heavy atom. The summed E-state index contributed by atoms with van der Waals surface area (Å²) in [7, 11) is 3.69. The number of anilines is 1. The van der Waals surface area contributed by atoms with Crippen LogP contribution in [-0.2, 0) is 6.42 Å². The Hall–Kier alpha value is -3.06. The molecule has 7 nitrogen and oxygen atoms in total. The van der Waals surface area contributed by atoms with Crippen molar-refractivity contribution in [3.8, 4) is 6.01 Å². The molecular weight excluding hydrogens is 378 g/mol. The number of aromatic nitrogens is 2. The summed E-state index contributed by atoms with van der Waals surface area (Å²) in [6.07, 6.45) is 1.80. The van der Waals surface area contributed by atoms with Gasteiger partial charge in [-0.25, -0.2) is 9.36 Å². The highest BCUT2D eigenvalue weighted by Crippen LogP contribution is 2.26. The second-order valence-corrected chi connectivity index (χ2v) is 7.72. The van der Waals surface area contributed by atoms with Gasteiger partial charge >= 0.3 is 12.0 Å². The Balaban J connectivity index is 1.45. The molecule has 0 unspecified atom stereocenters. The van der Waals surface area contributed by atoms with E-state index in [0.29, 0.717) is 12.6 Å². The fraction of sp³-hybridized carbons (Fsp3) is 0.391. The van der Waals surface area contributed by atoms with Crippen LogP contribution in [0.5, 0.6) is 6.01 Å². The topological polar surface area (TPSA) is 62.6 Å². The molecule has 30 heavy (non-hydrogen) atoms. The summed E-state index contributed by atoms with van der Waals surface area (Å²) in [5.41, 5.74) is 3.92. The van der Waals surface area contributed by atoms with Gasteiger partial charge in [0.25, 0.3) is 0 Å². The Morgan fingerprint density at radius 3 is 2.60 bits per heavy atom. The van der Waals surface area contributed by atoms with Gasteiger partial charge in [0.15, 0.2) is 0 Å². The first-order chi connectivity index (χ1) is 14.7. The number of hydrogen-bond acceptors (Lipinski definition) is 5. The van der Waals surface area contributed by atoms with E-state index in [2.05, 4.69) is 45.3 Å². The molecule has 158 valence electrons. The Morgan fingerprint density at radius 1 is 1.10 bits per heavy atom. The SMILES string of the molecule is COc1nc2cc(N3CCN(C)CC3)ccc2n1C(=O)NCCCc1ccccc1. The molecule has 1 saturated heterocycles. The summed E-state index contributed by atoms with van der Waals surface area (Å²) >= 11 is 0. The maximum Gasteiger partial charge on any atom is 0.330 e. The summed E-state index contributed by atoms with van der Waals surface area (Å²) in [5, 5.41) is 2.99. The van der Waals surface area contributed by atoms with E-state index < -0.39 is 0 Å². The summed E-state index contributed by atoms with van der Waals surface area (Å²) in [5.74, 6) is 0. The van der Waals surface area contributed by atoms with E-state index in [4.69, 9.17) is 4.74 Å². The molecule has 0 radical (unpaired) electrons. The van der Waals surface area contributed by atoms with Crippen LogP contribution in [-0.4, -0.2) is 67.4 Å². The lowest BCUT2D eigenvalue weighted by Crippen LogP contribution is -2.44. The maximum atomic E-state index is 12.8. The monoisotopic (exact) mass is 407 g/mol. The number of carbonyl (C=O) groups is 1. The molecule has 0 bridgehead atoms. The van der Waals surface area contributed by atoms with Gasteiger partial charge in [0.2, 0.25) is 0 Å². The number of likely N-dealkylation sites (N-methyl/N-ethyl adjacent to an activating group) is 1. The molecule has 0 atom stereocenters. The Kier molecular flexibility index (Phi) is 6.18. The van der Waals surface area contributed by atoms with Gasteiger partial charge < -0.3 is 19.9 Å². The van der Waals surface area contributed by atoms with Crippen molar-refractivity contribution in [3.63, 3.8) is 0 Å². The first-order valence-corrected chi connectivity index (χ1v) is 10.5. The first-order valence-electron chi connectivity index (χ1n) is 10.5. The lowest BCUT2D eigenvalue weighted by molar-refractivity contribution is 0.239. The fourth-order valence-electron chi connectivity index (χ4n) is 3.85. The third-order valence-electron chi connectivity index (χ3n) is 5.62. The average molecular weight is 408 g/mol. The molecule has 2 aromatic carbocycles. The number of rotatable bonds is 6. The number of nitrogens with one attached hydrogen (secondary N) is 1. The lowest BCUT2D eigenvalue weighted by Gasteiger charge is -2.34. The van der Waals surface area contributed by atoms with Crippen LogP contribution in [0.3, 0.4) is 0 Å². The van der Waals surface area contributed by atoms with E-state index in [1.165, 1.54) is 10.1 Å². The van der Waals surface area contributed by atoms with Crippen LogP contribution in [0.4, 0.5) is 10.5 Å². The van der Waals surface area contributed by atoms with Crippen LogP contribution in [0, 0.1) is 0 Å². The zero-order chi connectivity index (χ0) is 20.9. The molecule has 7 heteroatoms. The number of piperazine rings is 1. The van der Waals surface area contributed by atoms with Gasteiger partial charge in [0.1, 0.15) is 0 Å². The molecular formula is C23H29N5O2. The number of aryl methyl sites for hydroxylation is 1. The quantitative estimate of drug-likeness (QED) is 0.637. The molecule has 1 aromatic heterocycles. The number of nitrogens with zero attached hydrogens (tertiary/aromatic N) is 4. The van der Waals surface area contributed by atoms with Crippen molar-refractivity contribution in [2.75, 3.05) is 51.8 Å². The van der Waals surface area contributed by atoms with Gasteiger partial charge in [-0.1, -0.05) is 30.3 Å². The van der Waals surface area contributed by atoms with Gasteiger partial charge in [-0.05, 0) is 43.7 Å². The molecule has 0 spiro atoms. The lowest BCUT2D eigenvalue weighted by atomic mass is 10.1. The van der Waals surface area contributed by atoms with Crippen molar-refractivity contribution in [1.29, 1.82) is 0 Å². The molecule has 1 N–H and O–H groups in total. The van der Waals surface area contributed by atoms with E-state index in [1.54, 1.807) is 7.11 Å². The van der Waals surface area contributed by atoms with Crippen molar-refractivity contribution in [2.45, 2.75) is 12.8 Å². The Bertz CT molecular complexity index is 994. The van der Waals surface area contributed by atoms with Crippen molar-refractivity contribution >= 4 is 22.8 Å². The van der Waals surface area contributed by atoms with E-state index in [9.17, 15) is 4.79 Å². The van der Waals surface area contributed by atoms with Crippen LogP contribution < -0.4 is 15.0 Å². The zero-order valence-electron chi connectivity index (χ0n) is 17.7. The number of carbonyl (C=O) groups excluding carboxylic acids is 1. The number of amides is 1. The van der Waals surface area contributed by atoms with Crippen LogP contribution in [0.1, 0.15) is 12.0 Å². The van der Waals surface area contributed by atoms with Crippen molar-refractivity contribution < 1.29 is 9.53 Å². The van der Waals surface area contributed by atoms with Crippen molar-refractivity contribution in [3.05, 3.63) is 54.1 Å². The number of imidazole rings is 1. The van der Waals surface area contributed by atoms with E-state index in [1.807, 2.05) is 30.3 Å². The standard InChI is InChI=1S/C23H29N5O2/c1-26-13-15-27(16-14-26)19-10-11-21-20(17-19)25-23(30-2)28(21)22(29)24-12-6-9-18-7-4-3-5-8-18/h3-5,7-8,10-11,17H,6,9,12-16H2,1-2H3,(H,24,29). The third kappa shape index (κ3) is 4.41. The maximum absolute atomic E-state index is 12.8. The van der Waals surface area contributed by atoms with Crippen molar-refractivity contribution in [1.82, 2.24) is 19.8 Å². The summed E-state index contributed by atoms with van der Waals surface area (Å²) in [4.78, 5) is 22.1. The molecule has 3 aromatic rings. The third-order valence-corrected chi connectivity index (χ3v) is 5.62.